The standard InChI is InChI=1S/C23H25ClN2O4/c1-29-20-14-15(13-19(24)22(20)30-2)7-12-21(27)25-18-10-8-16(9-11-18)23(28)26-17-5-3-4-6-17/h7-14,17H,3-6H2,1-2H3,(H,25,27)(H,26,28)/b12-7+. The largest absolute Gasteiger partial charge is 0.493 e. The van der Waals surface area contributed by atoms with E-state index in [-0.39, 0.29) is 17.9 Å². The summed E-state index contributed by atoms with van der Waals surface area (Å²) in [6.07, 6.45) is 7.44. The average molecular weight is 429 g/mol. The third-order valence-electron chi connectivity index (χ3n) is 4.99. The monoisotopic (exact) mass is 428 g/mol. The number of carbonyl (C=O) groups excluding carboxylic acids is 2. The molecule has 2 amide bonds. The molecule has 0 unspecified atom stereocenters. The van der Waals surface area contributed by atoms with Crippen molar-refractivity contribution in [2.75, 3.05) is 19.5 Å². The predicted molar refractivity (Wildman–Crippen MR) is 118 cm³/mol. The molecule has 2 N–H and O–H groups in total. The van der Waals surface area contributed by atoms with Crippen molar-refractivity contribution in [1.29, 1.82) is 0 Å². The number of methoxy groups -OCH3 is 2. The SMILES string of the molecule is COc1cc(/C=C/C(=O)Nc2ccc(C(=O)NC3CCCC3)cc2)cc(Cl)c1OC. The average Bonchev–Trinajstić information content (AvgIpc) is 3.25. The fraction of sp³-hybridized carbons (Fsp3) is 0.304. The normalized spacial score (nSPS) is 14.0. The zero-order valence-corrected chi connectivity index (χ0v) is 17.8. The highest BCUT2D eigenvalue weighted by molar-refractivity contribution is 6.32. The number of hydrogen-bond acceptors (Lipinski definition) is 4. The summed E-state index contributed by atoms with van der Waals surface area (Å²) in [4.78, 5) is 24.5. The first-order chi connectivity index (χ1) is 14.5. The van der Waals surface area contributed by atoms with Crippen LogP contribution in [0.25, 0.3) is 6.08 Å². The third kappa shape index (κ3) is 5.54. The topological polar surface area (TPSA) is 76.7 Å². The van der Waals surface area contributed by atoms with Gasteiger partial charge in [-0.05, 0) is 60.9 Å². The van der Waals surface area contributed by atoms with Crippen LogP contribution in [-0.4, -0.2) is 32.1 Å². The van der Waals surface area contributed by atoms with Crippen molar-refractivity contribution in [3.8, 4) is 11.5 Å². The quantitative estimate of drug-likeness (QED) is 0.627. The maximum atomic E-state index is 12.3. The van der Waals surface area contributed by atoms with Crippen molar-refractivity contribution in [2.45, 2.75) is 31.7 Å². The van der Waals surface area contributed by atoms with E-state index in [1.54, 1.807) is 42.5 Å². The Balaban J connectivity index is 1.59. The molecule has 30 heavy (non-hydrogen) atoms. The Morgan fingerprint density at radius 3 is 2.40 bits per heavy atom. The van der Waals surface area contributed by atoms with E-state index in [9.17, 15) is 9.59 Å². The summed E-state index contributed by atoms with van der Waals surface area (Å²) in [6.45, 7) is 0. The van der Waals surface area contributed by atoms with E-state index in [0.29, 0.717) is 33.3 Å². The van der Waals surface area contributed by atoms with E-state index in [4.69, 9.17) is 21.1 Å². The number of amides is 2. The van der Waals surface area contributed by atoms with E-state index < -0.39 is 0 Å². The number of nitrogens with one attached hydrogen (secondary N) is 2. The van der Waals surface area contributed by atoms with Gasteiger partial charge in [0.25, 0.3) is 5.91 Å². The van der Waals surface area contributed by atoms with Crippen LogP contribution in [0, 0.1) is 0 Å². The van der Waals surface area contributed by atoms with Gasteiger partial charge in [0.1, 0.15) is 0 Å². The second-order valence-electron chi connectivity index (χ2n) is 7.09. The molecule has 0 atom stereocenters. The molecule has 0 heterocycles. The minimum atomic E-state index is -0.302. The first-order valence-corrected chi connectivity index (χ1v) is 10.2. The Labute approximate surface area is 181 Å². The number of benzene rings is 2. The van der Waals surface area contributed by atoms with Gasteiger partial charge in [0.15, 0.2) is 11.5 Å². The molecule has 2 aromatic carbocycles. The van der Waals surface area contributed by atoms with E-state index in [2.05, 4.69) is 10.6 Å². The van der Waals surface area contributed by atoms with Gasteiger partial charge < -0.3 is 20.1 Å². The highest BCUT2D eigenvalue weighted by Crippen LogP contribution is 2.36. The Morgan fingerprint density at radius 2 is 1.77 bits per heavy atom. The third-order valence-corrected chi connectivity index (χ3v) is 5.27. The summed E-state index contributed by atoms with van der Waals surface area (Å²) >= 11 is 6.18. The first-order valence-electron chi connectivity index (χ1n) is 9.81. The molecule has 6 nitrogen and oxygen atoms in total. The van der Waals surface area contributed by atoms with Crippen LogP contribution in [0.3, 0.4) is 0 Å². The van der Waals surface area contributed by atoms with Crippen LogP contribution >= 0.6 is 11.6 Å². The molecule has 158 valence electrons. The lowest BCUT2D eigenvalue weighted by molar-refractivity contribution is -0.111. The molecule has 7 heteroatoms. The molecule has 2 aromatic rings. The fourth-order valence-corrected chi connectivity index (χ4v) is 3.73. The van der Waals surface area contributed by atoms with Crippen molar-refractivity contribution in [3.05, 3.63) is 58.6 Å². The number of halogens is 1. The van der Waals surface area contributed by atoms with E-state index in [1.807, 2.05) is 0 Å². The highest BCUT2D eigenvalue weighted by Gasteiger charge is 2.17. The number of anilines is 1. The number of carbonyl (C=O) groups is 2. The Bertz CT molecular complexity index is 935. The maximum absolute atomic E-state index is 12.3. The minimum Gasteiger partial charge on any atom is -0.493 e. The molecule has 1 aliphatic carbocycles. The molecule has 0 aromatic heterocycles. The van der Waals surface area contributed by atoms with Crippen molar-refractivity contribution in [3.63, 3.8) is 0 Å². The van der Waals surface area contributed by atoms with Crippen LogP contribution in [0.4, 0.5) is 5.69 Å². The van der Waals surface area contributed by atoms with E-state index in [1.165, 1.54) is 33.1 Å². The zero-order chi connectivity index (χ0) is 21.5. The maximum Gasteiger partial charge on any atom is 0.251 e. The van der Waals surface area contributed by atoms with Crippen molar-refractivity contribution in [1.82, 2.24) is 5.32 Å². The van der Waals surface area contributed by atoms with Crippen LogP contribution in [0.1, 0.15) is 41.6 Å². The van der Waals surface area contributed by atoms with Gasteiger partial charge in [0.2, 0.25) is 5.91 Å². The number of ether oxygens (including phenoxy) is 2. The summed E-state index contributed by atoms with van der Waals surface area (Å²) in [6, 6.07) is 10.5. The second kappa shape index (κ2) is 10.2. The minimum absolute atomic E-state index is 0.0787. The summed E-state index contributed by atoms with van der Waals surface area (Å²) in [5, 5.41) is 6.21. The van der Waals surface area contributed by atoms with Gasteiger partial charge in [0.05, 0.1) is 19.2 Å². The Morgan fingerprint density at radius 1 is 1.07 bits per heavy atom. The molecule has 0 radical (unpaired) electrons. The van der Waals surface area contributed by atoms with Gasteiger partial charge in [0, 0.05) is 23.4 Å². The van der Waals surface area contributed by atoms with Gasteiger partial charge in [-0.25, -0.2) is 0 Å². The number of hydrogen-bond donors (Lipinski definition) is 2. The molecule has 0 saturated heterocycles. The molecule has 1 aliphatic rings. The van der Waals surface area contributed by atoms with Crippen molar-refractivity contribution in [2.24, 2.45) is 0 Å². The van der Waals surface area contributed by atoms with Crippen molar-refractivity contribution >= 4 is 35.2 Å². The molecule has 1 saturated carbocycles. The van der Waals surface area contributed by atoms with E-state index in [0.717, 1.165) is 12.8 Å². The van der Waals surface area contributed by atoms with E-state index >= 15 is 0 Å². The molecule has 0 aliphatic heterocycles. The number of rotatable bonds is 7. The predicted octanol–water partition coefficient (Wildman–Crippen LogP) is 4.68. The van der Waals surface area contributed by atoms with Crippen LogP contribution in [-0.2, 0) is 4.79 Å². The lowest BCUT2D eigenvalue weighted by Crippen LogP contribution is -2.32. The summed E-state index contributed by atoms with van der Waals surface area (Å²) in [7, 11) is 3.03. The summed E-state index contributed by atoms with van der Waals surface area (Å²) < 4.78 is 10.5. The summed E-state index contributed by atoms with van der Waals surface area (Å²) in [5.74, 6) is 0.545. The summed E-state index contributed by atoms with van der Waals surface area (Å²) in [5.41, 5.74) is 1.88. The van der Waals surface area contributed by atoms with Crippen LogP contribution in [0.2, 0.25) is 5.02 Å². The second-order valence-corrected chi connectivity index (χ2v) is 7.50. The first kappa shape index (κ1) is 21.7. The Kier molecular flexibility index (Phi) is 7.36. The lowest BCUT2D eigenvalue weighted by atomic mass is 10.1. The molecule has 1 fully saturated rings. The molecule has 3 rings (SSSR count). The highest BCUT2D eigenvalue weighted by atomic mass is 35.5. The lowest BCUT2D eigenvalue weighted by Gasteiger charge is -2.12. The van der Waals surface area contributed by atoms with Gasteiger partial charge >= 0.3 is 0 Å². The molecule has 0 bridgehead atoms. The molecular weight excluding hydrogens is 404 g/mol. The van der Waals surface area contributed by atoms with Gasteiger partial charge in [-0.2, -0.15) is 0 Å². The van der Waals surface area contributed by atoms with Gasteiger partial charge in [-0.15, -0.1) is 0 Å². The molecular formula is C23H25ClN2O4. The zero-order valence-electron chi connectivity index (χ0n) is 17.0. The van der Waals surface area contributed by atoms with Gasteiger partial charge in [-0.3, -0.25) is 9.59 Å². The van der Waals surface area contributed by atoms with Crippen LogP contribution in [0.5, 0.6) is 11.5 Å². The van der Waals surface area contributed by atoms with Crippen LogP contribution in [0.15, 0.2) is 42.5 Å². The van der Waals surface area contributed by atoms with Crippen LogP contribution < -0.4 is 20.1 Å². The van der Waals surface area contributed by atoms with Gasteiger partial charge in [-0.1, -0.05) is 24.4 Å². The Hall–Kier alpha value is -2.99. The smallest absolute Gasteiger partial charge is 0.251 e. The molecule has 0 spiro atoms. The fourth-order valence-electron chi connectivity index (χ4n) is 3.43. The van der Waals surface area contributed by atoms with Crippen molar-refractivity contribution < 1.29 is 19.1 Å².